The molecule has 0 fully saturated rings. The van der Waals surface area contributed by atoms with Crippen LogP contribution in [0.15, 0.2) is 72.8 Å². The fourth-order valence-corrected chi connectivity index (χ4v) is 2.82. The number of rotatable bonds is 7. The van der Waals surface area contributed by atoms with E-state index < -0.39 is 0 Å². The summed E-state index contributed by atoms with van der Waals surface area (Å²) < 4.78 is 11.7. The van der Waals surface area contributed by atoms with Gasteiger partial charge in [0.25, 0.3) is 0 Å². The Hall–Kier alpha value is -2.04. The normalized spacial score (nSPS) is 12.0. The monoisotopic (exact) mass is 387 g/mol. The standard InChI is InChI=1S/C21H19Cl2NO2/c22-17-6-10-20(11-7-17)26-19-8-4-15(5-9-19)14-25-21(13-24)16-2-1-3-18(23)12-16/h1-12,21H,13-14,24H2/t21-/m0/s1. The van der Waals surface area contributed by atoms with Gasteiger partial charge in [0.2, 0.25) is 0 Å². The molecule has 0 aromatic heterocycles. The largest absolute Gasteiger partial charge is 0.457 e. The van der Waals surface area contributed by atoms with E-state index in [1.54, 1.807) is 12.1 Å². The Morgan fingerprint density at radius 3 is 2.08 bits per heavy atom. The first-order valence-electron chi connectivity index (χ1n) is 8.23. The highest BCUT2D eigenvalue weighted by molar-refractivity contribution is 6.30. The van der Waals surface area contributed by atoms with Crippen LogP contribution in [0.3, 0.4) is 0 Å². The molecule has 3 nitrogen and oxygen atoms in total. The Morgan fingerprint density at radius 2 is 1.46 bits per heavy atom. The van der Waals surface area contributed by atoms with Gasteiger partial charge in [0, 0.05) is 16.6 Å². The van der Waals surface area contributed by atoms with Crippen molar-refractivity contribution in [3.05, 3.63) is 94.0 Å². The molecule has 0 amide bonds. The smallest absolute Gasteiger partial charge is 0.127 e. The van der Waals surface area contributed by atoms with Crippen LogP contribution in [0.25, 0.3) is 0 Å². The van der Waals surface area contributed by atoms with E-state index >= 15 is 0 Å². The molecule has 0 heterocycles. The molecule has 3 aromatic carbocycles. The molecule has 0 unspecified atom stereocenters. The van der Waals surface area contributed by atoms with E-state index in [1.165, 1.54) is 0 Å². The second-order valence-electron chi connectivity index (χ2n) is 5.79. The quantitative estimate of drug-likeness (QED) is 0.540. The van der Waals surface area contributed by atoms with Crippen molar-refractivity contribution in [3.8, 4) is 11.5 Å². The van der Waals surface area contributed by atoms with Crippen LogP contribution in [-0.4, -0.2) is 6.54 Å². The number of hydrogen-bond donors (Lipinski definition) is 1. The number of benzene rings is 3. The van der Waals surface area contributed by atoms with Crippen LogP contribution in [0.1, 0.15) is 17.2 Å². The van der Waals surface area contributed by atoms with Gasteiger partial charge < -0.3 is 15.2 Å². The minimum atomic E-state index is -0.196. The van der Waals surface area contributed by atoms with Gasteiger partial charge in [-0.05, 0) is 59.7 Å². The van der Waals surface area contributed by atoms with Crippen molar-refractivity contribution < 1.29 is 9.47 Å². The van der Waals surface area contributed by atoms with Crippen LogP contribution in [0.4, 0.5) is 0 Å². The Balaban J connectivity index is 1.59. The lowest BCUT2D eigenvalue weighted by atomic mass is 10.1. The average Bonchev–Trinajstić information content (AvgIpc) is 2.65. The van der Waals surface area contributed by atoms with Crippen molar-refractivity contribution in [2.75, 3.05) is 6.54 Å². The van der Waals surface area contributed by atoms with E-state index in [2.05, 4.69) is 0 Å². The van der Waals surface area contributed by atoms with Crippen molar-refractivity contribution in [3.63, 3.8) is 0 Å². The maximum atomic E-state index is 6.04. The highest BCUT2D eigenvalue weighted by atomic mass is 35.5. The molecule has 0 saturated carbocycles. The molecule has 26 heavy (non-hydrogen) atoms. The lowest BCUT2D eigenvalue weighted by Crippen LogP contribution is -2.15. The van der Waals surface area contributed by atoms with Crippen molar-refractivity contribution in [1.29, 1.82) is 0 Å². The molecular formula is C21H19Cl2NO2. The summed E-state index contributed by atoms with van der Waals surface area (Å²) in [6.45, 7) is 0.841. The molecular weight excluding hydrogens is 369 g/mol. The number of hydrogen-bond acceptors (Lipinski definition) is 3. The third kappa shape index (κ3) is 5.23. The summed E-state index contributed by atoms with van der Waals surface area (Å²) in [7, 11) is 0. The maximum Gasteiger partial charge on any atom is 0.127 e. The lowest BCUT2D eigenvalue weighted by Gasteiger charge is -2.17. The van der Waals surface area contributed by atoms with Crippen LogP contribution in [0.5, 0.6) is 11.5 Å². The third-order valence-electron chi connectivity index (χ3n) is 3.86. The topological polar surface area (TPSA) is 44.5 Å². The number of ether oxygens (including phenoxy) is 2. The summed E-state index contributed by atoms with van der Waals surface area (Å²) in [5.74, 6) is 1.49. The van der Waals surface area contributed by atoms with Crippen LogP contribution in [0.2, 0.25) is 10.0 Å². The van der Waals surface area contributed by atoms with Gasteiger partial charge in [-0.1, -0.05) is 47.5 Å². The predicted octanol–water partition coefficient (Wildman–Crippen LogP) is 6.00. The highest BCUT2D eigenvalue weighted by Gasteiger charge is 2.11. The molecule has 0 aliphatic rings. The molecule has 0 spiro atoms. The molecule has 2 N–H and O–H groups in total. The van der Waals surface area contributed by atoms with E-state index in [4.69, 9.17) is 38.4 Å². The van der Waals surface area contributed by atoms with Gasteiger partial charge in [-0.2, -0.15) is 0 Å². The van der Waals surface area contributed by atoms with Gasteiger partial charge in [0.05, 0.1) is 12.7 Å². The van der Waals surface area contributed by atoms with E-state index in [0.717, 1.165) is 22.6 Å². The first-order valence-corrected chi connectivity index (χ1v) is 8.99. The molecule has 5 heteroatoms. The Labute approximate surface area is 163 Å². The average molecular weight is 388 g/mol. The van der Waals surface area contributed by atoms with E-state index in [-0.39, 0.29) is 6.10 Å². The van der Waals surface area contributed by atoms with Gasteiger partial charge in [-0.25, -0.2) is 0 Å². The van der Waals surface area contributed by atoms with E-state index in [0.29, 0.717) is 23.2 Å². The van der Waals surface area contributed by atoms with Crippen molar-refractivity contribution in [2.24, 2.45) is 5.73 Å². The van der Waals surface area contributed by atoms with Gasteiger partial charge in [0.15, 0.2) is 0 Å². The molecule has 3 rings (SSSR count). The maximum absolute atomic E-state index is 6.04. The zero-order valence-corrected chi connectivity index (χ0v) is 15.6. The summed E-state index contributed by atoms with van der Waals surface area (Å²) in [4.78, 5) is 0. The molecule has 1 atom stereocenters. The van der Waals surface area contributed by atoms with Gasteiger partial charge in [0.1, 0.15) is 11.5 Å². The Bertz CT molecular complexity index is 835. The lowest BCUT2D eigenvalue weighted by molar-refractivity contribution is 0.0456. The van der Waals surface area contributed by atoms with Crippen LogP contribution >= 0.6 is 23.2 Å². The van der Waals surface area contributed by atoms with Crippen LogP contribution < -0.4 is 10.5 Å². The molecule has 0 aliphatic heterocycles. The van der Waals surface area contributed by atoms with Gasteiger partial charge in [-0.3, -0.25) is 0 Å². The summed E-state index contributed by atoms with van der Waals surface area (Å²) in [5, 5.41) is 1.35. The Kier molecular flexibility index (Phi) is 6.53. The second-order valence-corrected chi connectivity index (χ2v) is 6.66. The van der Waals surface area contributed by atoms with E-state index in [9.17, 15) is 0 Å². The molecule has 0 bridgehead atoms. The zero-order chi connectivity index (χ0) is 18.4. The molecule has 134 valence electrons. The Morgan fingerprint density at radius 1 is 0.808 bits per heavy atom. The van der Waals surface area contributed by atoms with Crippen molar-refractivity contribution in [2.45, 2.75) is 12.7 Å². The first-order chi connectivity index (χ1) is 12.6. The summed E-state index contributed by atoms with van der Waals surface area (Å²) in [6.07, 6.45) is -0.196. The fraction of sp³-hybridized carbons (Fsp3) is 0.143. The minimum absolute atomic E-state index is 0.196. The summed E-state index contributed by atoms with van der Waals surface area (Å²) in [5.41, 5.74) is 7.85. The van der Waals surface area contributed by atoms with Crippen molar-refractivity contribution >= 4 is 23.2 Å². The molecule has 0 saturated heterocycles. The summed E-state index contributed by atoms with van der Waals surface area (Å²) >= 11 is 11.9. The van der Waals surface area contributed by atoms with Crippen LogP contribution in [-0.2, 0) is 11.3 Å². The predicted molar refractivity (Wildman–Crippen MR) is 106 cm³/mol. The number of halogens is 2. The first kappa shape index (κ1) is 18.7. The van der Waals surface area contributed by atoms with Gasteiger partial charge in [-0.15, -0.1) is 0 Å². The molecule has 0 aliphatic carbocycles. The van der Waals surface area contributed by atoms with Crippen LogP contribution in [0, 0.1) is 0 Å². The van der Waals surface area contributed by atoms with E-state index in [1.807, 2.05) is 60.7 Å². The van der Waals surface area contributed by atoms with Crippen molar-refractivity contribution in [1.82, 2.24) is 0 Å². The highest BCUT2D eigenvalue weighted by Crippen LogP contribution is 2.25. The summed E-state index contributed by atoms with van der Waals surface area (Å²) in [6, 6.07) is 22.6. The zero-order valence-electron chi connectivity index (χ0n) is 14.1. The van der Waals surface area contributed by atoms with Gasteiger partial charge >= 0.3 is 0 Å². The molecule has 0 radical (unpaired) electrons. The number of nitrogens with two attached hydrogens (primary N) is 1. The third-order valence-corrected chi connectivity index (χ3v) is 4.35. The SMILES string of the molecule is NC[C@H](OCc1ccc(Oc2ccc(Cl)cc2)cc1)c1cccc(Cl)c1. The minimum Gasteiger partial charge on any atom is -0.457 e. The molecule has 3 aromatic rings. The second kappa shape index (κ2) is 9.06. The fourth-order valence-electron chi connectivity index (χ4n) is 2.50.